The molecule has 0 aliphatic heterocycles. The molecule has 1 aromatic carbocycles. The lowest BCUT2D eigenvalue weighted by Gasteiger charge is -2.21. The van der Waals surface area contributed by atoms with E-state index in [1.807, 2.05) is 25.1 Å². The molecule has 2 atom stereocenters. The van der Waals surface area contributed by atoms with Gasteiger partial charge < -0.3 is 11.1 Å². The first-order valence-corrected chi connectivity index (χ1v) is 7.24. The van der Waals surface area contributed by atoms with Crippen LogP contribution in [-0.2, 0) is 4.79 Å². The highest BCUT2D eigenvalue weighted by atomic mass is 16.1. The molecule has 106 valence electrons. The van der Waals surface area contributed by atoms with Crippen LogP contribution in [-0.4, -0.2) is 12.5 Å². The van der Waals surface area contributed by atoms with Crippen LogP contribution in [0.15, 0.2) is 30.3 Å². The molecular formula is C16H26N2O. The first-order valence-electron chi connectivity index (χ1n) is 7.24. The van der Waals surface area contributed by atoms with E-state index in [4.69, 9.17) is 5.73 Å². The van der Waals surface area contributed by atoms with Gasteiger partial charge in [0.2, 0.25) is 5.91 Å². The standard InChI is InChI=1S/C16H26N2O/c1-3-8-15(14-10-5-4-6-11-14)18-16(19)13(2)9-7-12-17/h4-6,10-11,13,15H,3,7-9,12,17H2,1-2H3,(H,18,19). The fourth-order valence-electron chi connectivity index (χ4n) is 2.17. The number of hydrogen-bond acceptors (Lipinski definition) is 2. The smallest absolute Gasteiger partial charge is 0.223 e. The van der Waals surface area contributed by atoms with Gasteiger partial charge >= 0.3 is 0 Å². The van der Waals surface area contributed by atoms with Gasteiger partial charge in [-0.1, -0.05) is 50.6 Å². The van der Waals surface area contributed by atoms with Gasteiger partial charge in [0.05, 0.1) is 6.04 Å². The molecule has 1 aromatic rings. The van der Waals surface area contributed by atoms with Gasteiger partial charge in [0.1, 0.15) is 0 Å². The van der Waals surface area contributed by atoms with E-state index in [2.05, 4.69) is 24.4 Å². The molecular weight excluding hydrogens is 236 g/mol. The zero-order chi connectivity index (χ0) is 14.1. The van der Waals surface area contributed by atoms with Gasteiger partial charge in [-0.2, -0.15) is 0 Å². The lowest BCUT2D eigenvalue weighted by molar-refractivity contribution is -0.125. The number of hydrogen-bond donors (Lipinski definition) is 2. The van der Waals surface area contributed by atoms with Crippen molar-refractivity contribution in [3.8, 4) is 0 Å². The summed E-state index contributed by atoms with van der Waals surface area (Å²) in [6, 6.07) is 10.3. The summed E-state index contributed by atoms with van der Waals surface area (Å²) in [5, 5.41) is 3.16. The van der Waals surface area contributed by atoms with Gasteiger partial charge in [0.25, 0.3) is 0 Å². The number of rotatable bonds is 8. The van der Waals surface area contributed by atoms with Crippen LogP contribution >= 0.6 is 0 Å². The average Bonchev–Trinajstić information content (AvgIpc) is 2.45. The Hall–Kier alpha value is -1.35. The molecule has 3 heteroatoms. The van der Waals surface area contributed by atoms with Crippen LogP contribution in [0.5, 0.6) is 0 Å². The third-order valence-corrected chi connectivity index (χ3v) is 3.38. The van der Waals surface area contributed by atoms with E-state index < -0.39 is 0 Å². The van der Waals surface area contributed by atoms with E-state index in [1.165, 1.54) is 5.56 Å². The van der Waals surface area contributed by atoms with Crippen molar-refractivity contribution in [2.45, 2.75) is 45.6 Å². The molecule has 0 radical (unpaired) electrons. The Morgan fingerprint density at radius 3 is 2.53 bits per heavy atom. The molecule has 0 aromatic heterocycles. The lowest BCUT2D eigenvalue weighted by atomic mass is 9.99. The van der Waals surface area contributed by atoms with Gasteiger partial charge in [-0.3, -0.25) is 4.79 Å². The molecule has 1 rings (SSSR count). The number of carbonyl (C=O) groups excluding carboxylic acids is 1. The predicted octanol–water partition coefficient (Wildman–Crippen LogP) is 3.02. The summed E-state index contributed by atoms with van der Waals surface area (Å²) in [5.74, 6) is 0.169. The second kappa shape index (κ2) is 8.70. The van der Waals surface area contributed by atoms with E-state index in [9.17, 15) is 4.79 Å². The monoisotopic (exact) mass is 262 g/mol. The molecule has 1 amide bonds. The molecule has 0 spiro atoms. The summed E-state index contributed by atoms with van der Waals surface area (Å²) in [6.07, 6.45) is 3.78. The van der Waals surface area contributed by atoms with Gasteiger partial charge in [-0.05, 0) is 31.4 Å². The van der Waals surface area contributed by atoms with E-state index in [1.54, 1.807) is 0 Å². The minimum Gasteiger partial charge on any atom is -0.349 e. The SMILES string of the molecule is CCCC(NC(=O)C(C)CCCN)c1ccccc1. The van der Waals surface area contributed by atoms with E-state index in [-0.39, 0.29) is 17.9 Å². The summed E-state index contributed by atoms with van der Waals surface area (Å²) < 4.78 is 0. The van der Waals surface area contributed by atoms with Crippen molar-refractivity contribution in [2.24, 2.45) is 11.7 Å². The first-order chi connectivity index (χ1) is 9.19. The molecule has 0 aliphatic carbocycles. The molecule has 0 aliphatic rings. The summed E-state index contributed by atoms with van der Waals surface area (Å²) in [4.78, 5) is 12.2. The zero-order valence-corrected chi connectivity index (χ0v) is 12.1. The first kappa shape index (κ1) is 15.7. The maximum absolute atomic E-state index is 12.2. The van der Waals surface area contributed by atoms with E-state index in [0.29, 0.717) is 6.54 Å². The molecule has 0 saturated carbocycles. The highest BCUT2D eigenvalue weighted by Gasteiger charge is 2.17. The summed E-state index contributed by atoms with van der Waals surface area (Å²) >= 11 is 0. The van der Waals surface area contributed by atoms with Crippen LogP contribution in [0.2, 0.25) is 0 Å². The third-order valence-electron chi connectivity index (χ3n) is 3.38. The van der Waals surface area contributed by atoms with Gasteiger partial charge in [0.15, 0.2) is 0 Å². The Balaban J connectivity index is 2.61. The second-order valence-electron chi connectivity index (χ2n) is 5.09. The van der Waals surface area contributed by atoms with Crippen molar-refractivity contribution < 1.29 is 4.79 Å². The second-order valence-corrected chi connectivity index (χ2v) is 5.09. The normalized spacial score (nSPS) is 13.8. The third kappa shape index (κ3) is 5.43. The van der Waals surface area contributed by atoms with Gasteiger partial charge in [-0.15, -0.1) is 0 Å². The molecule has 2 unspecified atom stereocenters. The molecule has 3 nitrogen and oxygen atoms in total. The summed E-state index contributed by atoms with van der Waals surface area (Å²) in [6.45, 7) is 4.76. The number of nitrogens with two attached hydrogens (primary N) is 1. The zero-order valence-electron chi connectivity index (χ0n) is 12.1. The van der Waals surface area contributed by atoms with Crippen molar-refractivity contribution >= 4 is 5.91 Å². The molecule has 0 bridgehead atoms. The minimum absolute atomic E-state index is 0.0339. The number of carbonyl (C=O) groups is 1. The molecule has 19 heavy (non-hydrogen) atoms. The molecule has 0 fully saturated rings. The van der Waals surface area contributed by atoms with Crippen LogP contribution in [0.3, 0.4) is 0 Å². The van der Waals surface area contributed by atoms with Crippen molar-refractivity contribution in [3.63, 3.8) is 0 Å². The van der Waals surface area contributed by atoms with Crippen LogP contribution in [0, 0.1) is 5.92 Å². The maximum Gasteiger partial charge on any atom is 0.223 e. The van der Waals surface area contributed by atoms with E-state index >= 15 is 0 Å². The number of benzene rings is 1. The number of nitrogens with one attached hydrogen (secondary N) is 1. The van der Waals surface area contributed by atoms with Crippen LogP contribution in [0.25, 0.3) is 0 Å². The fourth-order valence-corrected chi connectivity index (χ4v) is 2.17. The van der Waals surface area contributed by atoms with E-state index in [0.717, 1.165) is 25.7 Å². The lowest BCUT2D eigenvalue weighted by Crippen LogP contribution is -2.33. The Kier molecular flexibility index (Phi) is 7.19. The minimum atomic E-state index is 0.0339. The summed E-state index contributed by atoms with van der Waals surface area (Å²) in [7, 11) is 0. The van der Waals surface area contributed by atoms with Gasteiger partial charge in [-0.25, -0.2) is 0 Å². The quantitative estimate of drug-likeness (QED) is 0.756. The maximum atomic E-state index is 12.2. The Morgan fingerprint density at radius 1 is 1.26 bits per heavy atom. The predicted molar refractivity (Wildman–Crippen MR) is 79.7 cm³/mol. The molecule has 0 heterocycles. The largest absolute Gasteiger partial charge is 0.349 e. The van der Waals surface area contributed by atoms with Crippen molar-refractivity contribution in [1.82, 2.24) is 5.32 Å². The number of amides is 1. The molecule has 3 N–H and O–H groups in total. The van der Waals surface area contributed by atoms with Crippen molar-refractivity contribution in [1.29, 1.82) is 0 Å². The topological polar surface area (TPSA) is 55.1 Å². The highest BCUT2D eigenvalue weighted by Crippen LogP contribution is 2.19. The molecule has 0 saturated heterocycles. The Bertz CT molecular complexity index is 364. The van der Waals surface area contributed by atoms with Crippen molar-refractivity contribution in [3.05, 3.63) is 35.9 Å². The van der Waals surface area contributed by atoms with Crippen LogP contribution in [0.4, 0.5) is 0 Å². The van der Waals surface area contributed by atoms with Crippen molar-refractivity contribution in [2.75, 3.05) is 6.54 Å². The summed E-state index contributed by atoms with van der Waals surface area (Å²) in [5.41, 5.74) is 6.67. The van der Waals surface area contributed by atoms with Crippen LogP contribution < -0.4 is 11.1 Å². The Labute approximate surface area is 116 Å². The highest BCUT2D eigenvalue weighted by molar-refractivity contribution is 5.78. The Morgan fingerprint density at radius 2 is 1.95 bits per heavy atom. The fraction of sp³-hybridized carbons (Fsp3) is 0.562. The van der Waals surface area contributed by atoms with Gasteiger partial charge in [0, 0.05) is 5.92 Å². The van der Waals surface area contributed by atoms with Crippen LogP contribution in [0.1, 0.15) is 51.1 Å². The average molecular weight is 262 g/mol.